The highest BCUT2D eigenvalue weighted by atomic mass is 19.4. The van der Waals surface area contributed by atoms with Crippen molar-refractivity contribution in [3.63, 3.8) is 0 Å². The number of hydrogen-bond donors (Lipinski definition) is 4. The highest BCUT2D eigenvalue weighted by Gasteiger charge is 2.39. The fraction of sp³-hybridized carbons (Fsp3) is 0.500. The number of nitrogens with one attached hydrogen (secondary N) is 2. The number of alkyl halides is 3. The first-order valence-corrected chi connectivity index (χ1v) is 5.86. The first kappa shape index (κ1) is 16.9. The van der Waals surface area contributed by atoms with Crippen LogP contribution in [0.3, 0.4) is 0 Å². The average molecular weight is 293 g/mol. The molecule has 0 bridgehead atoms. The Labute approximate surface area is 114 Å². The van der Waals surface area contributed by atoms with Crippen molar-refractivity contribution in [2.45, 2.75) is 24.8 Å². The number of hydrogen-bond acceptors (Lipinski definition) is 5. The summed E-state index contributed by atoms with van der Waals surface area (Å²) in [5, 5.41) is 13.7. The number of aliphatic hydroxyl groups is 1. The lowest BCUT2D eigenvalue weighted by Gasteiger charge is -2.22. The zero-order valence-electron chi connectivity index (χ0n) is 11.1. The predicted octanol–water partition coefficient (Wildman–Crippen LogP) is 0.979. The number of rotatable bonds is 6. The standard InChI is InChI=1S/C12H18F3N3O2/c1-17-10(20-2)8-5-3-7(4-6-8)9(16)18-11(19)12(13,14)15/h3-6,9-11,17-19H,16H2,1-2H3. The van der Waals surface area contributed by atoms with Gasteiger partial charge in [0.15, 0.2) is 0 Å². The summed E-state index contributed by atoms with van der Waals surface area (Å²) >= 11 is 0. The third kappa shape index (κ3) is 4.43. The number of halogens is 3. The van der Waals surface area contributed by atoms with Crippen molar-refractivity contribution in [1.29, 1.82) is 0 Å². The fourth-order valence-corrected chi connectivity index (χ4v) is 1.66. The molecule has 20 heavy (non-hydrogen) atoms. The maximum atomic E-state index is 12.2. The lowest BCUT2D eigenvalue weighted by Crippen LogP contribution is -2.46. The summed E-state index contributed by atoms with van der Waals surface area (Å²) in [4.78, 5) is 0. The second-order valence-corrected chi connectivity index (χ2v) is 4.16. The Bertz CT molecular complexity index is 407. The van der Waals surface area contributed by atoms with Crippen LogP contribution in [-0.4, -0.2) is 31.7 Å². The van der Waals surface area contributed by atoms with E-state index in [1.54, 1.807) is 31.3 Å². The lowest BCUT2D eigenvalue weighted by molar-refractivity contribution is -0.216. The Morgan fingerprint density at radius 3 is 2.10 bits per heavy atom. The summed E-state index contributed by atoms with van der Waals surface area (Å²) in [6.07, 6.45) is -8.86. The topological polar surface area (TPSA) is 79.5 Å². The monoisotopic (exact) mass is 293 g/mol. The van der Waals surface area contributed by atoms with Crippen LogP contribution < -0.4 is 16.4 Å². The summed E-state index contributed by atoms with van der Waals surface area (Å²) in [5.41, 5.74) is 6.79. The van der Waals surface area contributed by atoms with Crippen LogP contribution in [0.15, 0.2) is 24.3 Å². The van der Waals surface area contributed by atoms with Crippen LogP contribution in [-0.2, 0) is 4.74 Å². The maximum absolute atomic E-state index is 12.2. The number of nitrogens with two attached hydrogens (primary N) is 1. The minimum atomic E-state index is -4.76. The molecule has 0 aliphatic carbocycles. The van der Waals surface area contributed by atoms with E-state index in [0.29, 0.717) is 5.56 Å². The van der Waals surface area contributed by atoms with Crippen LogP contribution in [0.25, 0.3) is 0 Å². The Morgan fingerprint density at radius 2 is 1.70 bits per heavy atom. The Morgan fingerprint density at radius 1 is 1.20 bits per heavy atom. The minimum Gasteiger partial charge on any atom is -0.370 e. The van der Waals surface area contributed by atoms with Crippen molar-refractivity contribution in [3.8, 4) is 0 Å². The molecule has 0 radical (unpaired) electrons. The zero-order valence-corrected chi connectivity index (χ0v) is 11.1. The van der Waals surface area contributed by atoms with Gasteiger partial charge in [0.05, 0.1) is 6.17 Å². The van der Waals surface area contributed by atoms with E-state index in [9.17, 15) is 13.2 Å². The van der Waals surface area contributed by atoms with Gasteiger partial charge >= 0.3 is 6.18 Å². The second-order valence-electron chi connectivity index (χ2n) is 4.16. The lowest BCUT2D eigenvalue weighted by atomic mass is 10.1. The molecule has 1 aromatic rings. The van der Waals surface area contributed by atoms with E-state index in [4.69, 9.17) is 15.6 Å². The summed E-state index contributed by atoms with van der Waals surface area (Å²) in [7, 11) is 3.25. The highest BCUT2D eigenvalue weighted by Crippen LogP contribution is 2.21. The molecule has 8 heteroatoms. The molecule has 0 aliphatic heterocycles. The smallest absolute Gasteiger partial charge is 0.370 e. The van der Waals surface area contributed by atoms with Crippen LogP contribution in [0.2, 0.25) is 0 Å². The number of methoxy groups -OCH3 is 1. The van der Waals surface area contributed by atoms with Gasteiger partial charge in [0.25, 0.3) is 0 Å². The van der Waals surface area contributed by atoms with Crippen molar-refractivity contribution < 1.29 is 23.0 Å². The van der Waals surface area contributed by atoms with Crippen molar-refractivity contribution in [3.05, 3.63) is 35.4 Å². The molecule has 0 aromatic heterocycles. The maximum Gasteiger partial charge on any atom is 0.428 e. The predicted molar refractivity (Wildman–Crippen MR) is 67.4 cm³/mol. The largest absolute Gasteiger partial charge is 0.428 e. The Kier molecular flexibility index (Phi) is 5.90. The van der Waals surface area contributed by atoms with Gasteiger partial charge in [-0.1, -0.05) is 24.3 Å². The summed E-state index contributed by atoms with van der Waals surface area (Å²) in [5.74, 6) is 0. The molecule has 0 fully saturated rings. The quantitative estimate of drug-likeness (QED) is 0.588. The van der Waals surface area contributed by atoms with Gasteiger partial charge in [-0.15, -0.1) is 0 Å². The van der Waals surface area contributed by atoms with Gasteiger partial charge in [0, 0.05) is 7.11 Å². The van der Waals surface area contributed by atoms with E-state index in [-0.39, 0.29) is 6.23 Å². The molecule has 5 N–H and O–H groups in total. The molecule has 0 saturated carbocycles. The van der Waals surface area contributed by atoms with Crippen LogP contribution in [0.1, 0.15) is 23.5 Å². The molecule has 0 aliphatic rings. The molecule has 114 valence electrons. The van der Waals surface area contributed by atoms with E-state index >= 15 is 0 Å². The van der Waals surface area contributed by atoms with E-state index in [1.165, 1.54) is 7.11 Å². The Hall–Kier alpha value is -1.19. The van der Waals surface area contributed by atoms with Gasteiger partial charge in [0.2, 0.25) is 6.23 Å². The molecule has 3 unspecified atom stereocenters. The second kappa shape index (κ2) is 7.00. The van der Waals surface area contributed by atoms with Gasteiger partial charge in [-0.3, -0.25) is 10.6 Å². The normalized spacial score (nSPS) is 16.8. The minimum absolute atomic E-state index is 0.311. The van der Waals surface area contributed by atoms with Crippen LogP contribution >= 0.6 is 0 Å². The van der Waals surface area contributed by atoms with Crippen LogP contribution in [0.5, 0.6) is 0 Å². The summed E-state index contributed by atoms with van der Waals surface area (Å²) in [6.45, 7) is 0. The van der Waals surface area contributed by atoms with Crippen molar-refractivity contribution >= 4 is 0 Å². The van der Waals surface area contributed by atoms with E-state index in [2.05, 4.69) is 5.32 Å². The van der Waals surface area contributed by atoms with E-state index < -0.39 is 18.6 Å². The molecule has 1 rings (SSSR count). The number of aliphatic hydroxyl groups excluding tert-OH is 1. The molecule has 0 amide bonds. The van der Waals surface area contributed by atoms with Crippen molar-refractivity contribution in [1.82, 2.24) is 10.6 Å². The third-order valence-electron chi connectivity index (χ3n) is 2.74. The molecular weight excluding hydrogens is 275 g/mol. The van der Waals surface area contributed by atoms with E-state index in [1.807, 2.05) is 5.32 Å². The van der Waals surface area contributed by atoms with Crippen molar-refractivity contribution in [2.75, 3.05) is 14.2 Å². The van der Waals surface area contributed by atoms with Crippen LogP contribution in [0, 0.1) is 0 Å². The fourth-order valence-electron chi connectivity index (χ4n) is 1.66. The summed E-state index contributed by atoms with van der Waals surface area (Å²) < 4.78 is 41.7. The van der Waals surface area contributed by atoms with E-state index in [0.717, 1.165) is 5.56 Å². The first-order chi connectivity index (χ1) is 9.29. The summed E-state index contributed by atoms with van der Waals surface area (Å²) in [6, 6.07) is 6.50. The molecule has 1 aromatic carbocycles. The average Bonchev–Trinajstić information content (AvgIpc) is 2.39. The molecule has 0 spiro atoms. The number of ether oxygens (including phenoxy) is 1. The molecule has 3 atom stereocenters. The zero-order chi connectivity index (χ0) is 15.3. The van der Waals surface area contributed by atoms with Crippen molar-refractivity contribution in [2.24, 2.45) is 5.73 Å². The van der Waals surface area contributed by atoms with Crippen LogP contribution in [0.4, 0.5) is 13.2 Å². The SMILES string of the molecule is CNC(OC)c1ccc(C(N)NC(O)C(F)(F)F)cc1. The first-order valence-electron chi connectivity index (χ1n) is 5.86. The van der Waals surface area contributed by atoms with Gasteiger partial charge in [0.1, 0.15) is 6.23 Å². The van der Waals surface area contributed by atoms with Gasteiger partial charge in [-0.2, -0.15) is 13.2 Å². The Balaban J connectivity index is 2.73. The number of benzene rings is 1. The third-order valence-corrected chi connectivity index (χ3v) is 2.74. The molecule has 5 nitrogen and oxygen atoms in total. The molecule has 0 saturated heterocycles. The van der Waals surface area contributed by atoms with Gasteiger partial charge in [-0.05, 0) is 18.2 Å². The van der Waals surface area contributed by atoms with Gasteiger partial charge < -0.3 is 15.6 Å². The highest BCUT2D eigenvalue weighted by molar-refractivity contribution is 5.25. The molecule has 0 heterocycles. The molecular formula is C12H18F3N3O2. The van der Waals surface area contributed by atoms with Gasteiger partial charge in [-0.25, -0.2) is 0 Å².